The average Bonchev–Trinajstić information content (AvgIpc) is 2.93. The van der Waals surface area contributed by atoms with E-state index >= 15 is 0 Å². The third-order valence-electron chi connectivity index (χ3n) is 4.10. The van der Waals surface area contributed by atoms with Crippen LogP contribution in [0, 0.1) is 10.1 Å². The molecule has 0 radical (unpaired) electrons. The molecule has 0 fully saturated rings. The van der Waals surface area contributed by atoms with Crippen LogP contribution in [0.15, 0.2) is 53.4 Å². The maximum atomic E-state index is 13.2. The molecule has 2 aromatic rings. The zero-order chi connectivity index (χ0) is 20.3. The molecular formula is C20H18N2O5S. The average molecular weight is 398 g/mol. The van der Waals surface area contributed by atoms with Gasteiger partial charge in [0.15, 0.2) is 0 Å². The van der Waals surface area contributed by atoms with E-state index in [4.69, 9.17) is 4.74 Å². The highest BCUT2D eigenvalue weighted by Gasteiger charge is 2.41. The number of amides is 2. The lowest BCUT2D eigenvalue weighted by Crippen LogP contribution is -2.31. The topological polar surface area (TPSA) is 89.8 Å². The molecule has 0 aromatic heterocycles. The van der Waals surface area contributed by atoms with Gasteiger partial charge >= 0.3 is 0 Å². The number of hydrogen-bond acceptors (Lipinski definition) is 6. The van der Waals surface area contributed by atoms with E-state index in [9.17, 15) is 19.7 Å². The summed E-state index contributed by atoms with van der Waals surface area (Å²) in [6.07, 6.45) is 0. The fourth-order valence-corrected chi connectivity index (χ4v) is 3.78. The lowest BCUT2D eigenvalue weighted by atomic mass is 10.1. The number of nitro benzene ring substituents is 1. The first-order valence-corrected chi connectivity index (χ1v) is 9.70. The van der Waals surface area contributed by atoms with Gasteiger partial charge in [-0.05, 0) is 42.5 Å². The second kappa shape index (κ2) is 8.26. The summed E-state index contributed by atoms with van der Waals surface area (Å²) in [5.41, 5.74) is 1.02. The van der Waals surface area contributed by atoms with Gasteiger partial charge in [0.25, 0.3) is 17.5 Å². The van der Waals surface area contributed by atoms with Crippen molar-refractivity contribution >= 4 is 40.5 Å². The second-order valence-corrected chi connectivity index (χ2v) is 7.06. The molecule has 0 saturated heterocycles. The Hall–Kier alpha value is -3.13. The summed E-state index contributed by atoms with van der Waals surface area (Å²) < 4.78 is 5.58. The second-order valence-electron chi connectivity index (χ2n) is 5.79. The maximum Gasteiger partial charge on any atom is 0.272 e. The van der Waals surface area contributed by atoms with Gasteiger partial charge < -0.3 is 4.74 Å². The lowest BCUT2D eigenvalue weighted by molar-refractivity contribution is -0.384. The van der Waals surface area contributed by atoms with Crippen molar-refractivity contribution in [2.24, 2.45) is 0 Å². The van der Waals surface area contributed by atoms with Gasteiger partial charge in [0.2, 0.25) is 0 Å². The number of rotatable bonds is 7. The molecule has 0 unspecified atom stereocenters. The van der Waals surface area contributed by atoms with Crippen LogP contribution in [-0.2, 0) is 9.59 Å². The van der Waals surface area contributed by atoms with Gasteiger partial charge in [-0.2, -0.15) is 0 Å². The molecule has 3 rings (SSSR count). The molecule has 0 spiro atoms. The first-order valence-electron chi connectivity index (χ1n) is 8.72. The molecule has 0 N–H and O–H groups in total. The molecule has 2 aromatic carbocycles. The summed E-state index contributed by atoms with van der Waals surface area (Å²) >= 11 is 1.27. The number of benzene rings is 2. The summed E-state index contributed by atoms with van der Waals surface area (Å²) in [6.45, 7) is 4.11. The smallest absolute Gasteiger partial charge is 0.272 e. The summed E-state index contributed by atoms with van der Waals surface area (Å²) in [6, 6.07) is 12.5. The molecule has 2 amide bonds. The minimum Gasteiger partial charge on any atom is -0.492 e. The number of nitrogens with zero attached hydrogens (tertiary/aromatic N) is 2. The first kappa shape index (κ1) is 19.6. The Bertz CT molecular complexity index is 969. The molecule has 144 valence electrons. The number of para-hydroxylation sites is 2. The number of imide groups is 1. The predicted octanol–water partition coefficient (Wildman–Crippen LogP) is 4.03. The van der Waals surface area contributed by atoms with E-state index in [0.717, 1.165) is 4.90 Å². The SMILES string of the molecule is CCOc1ccccc1N1C(=O)C(SCC)=C(c2ccc([N+](=O)[O-])cc2)C1=O. The minimum atomic E-state index is -0.508. The van der Waals surface area contributed by atoms with Crippen molar-refractivity contribution in [1.82, 2.24) is 0 Å². The normalized spacial score (nSPS) is 14.0. The maximum absolute atomic E-state index is 13.2. The van der Waals surface area contributed by atoms with E-state index < -0.39 is 16.7 Å². The Morgan fingerprint density at radius 1 is 1.04 bits per heavy atom. The van der Waals surface area contributed by atoms with E-state index in [2.05, 4.69) is 0 Å². The van der Waals surface area contributed by atoms with Crippen molar-refractivity contribution in [3.05, 3.63) is 69.1 Å². The van der Waals surface area contributed by atoms with Crippen molar-refractivity contribution in [3.8, 4) is 5.75 Å². The van der Waals surface area contributed by atoms with E-state index in [1.165, 1.54) is 36.0 Å². The summed E-state index contributed by atoms with van der Waals surface area (Å²) in [5.74, 6) is 0.156. The van der Waals surface area contributed by atoms with Crippen LogP contribution in [0.1, 0.15) is 19.4 Å². The number of carbonyl (C=O) groups is 2. The van der Waals surface area contributed by atoms with Crippen LogP contribution in [0.25, 0.3) is 5.57 Å². The standard InChI is InChI=1S/C20H18N2O5S/c1-3-27-16-8-6-5-7-15(16)21-19(23)17(18(20(21)24)28-4-2)13-9-11-14(12-10-13)22(25)26/h5-12H,3-4H2,1-2H3. The minimum absolute atomic E-state index is 0.0793. The Labute approximate surface area is 166 Å². The van der Waals surface area contributed by atoms with Crippen LogP contribution in [0.3, 0.4) is 0 Å². The third kappa shape index (κ3) is 3.50. The van der Waals surface area contributed by atoms with Crippen molar-refractivity contribution in [2.75, 3.05) is 17.3 Å². The Kier molecular flexibility index (Phi) is 5.79. The van der Waals surface area contributed by atoms with Crippen molar-refractivity contribution < 1.29 is 19.2 Å². The summed E-state index contributed by atoms with van der Waals surface area (Å²) in [7, 11) is 0. The number of ether oxygens (including phenoxy) is 1. The number of hydrogen-bond donors (Lipinski definition) is 0. The predicted molar refractivity (Wildman–Crippen MR) is 108 cm³/mol. The van der Waals surface area contributed by atoms with Crippen molar-refractivity contribution in [3.63, 3.8) is 0 Å². The molecule has 0 bridgehead atoms. The monoisotopic (exact) mass is 398 g/mol. The number of nitro groups is 1. The molecule has 28 heavy (non-hydrogen) atoms. The zero-order valence-electron chi connectivity index (χ0n) is 15.4. The highest BCUT2D eigenvalue weighted by molar-refractivity contribution is 8.04. The van der Waals surface area contributed by atoms with Gasteiger partial charge in [0.1, 0.15) is 5.75 Å². The van der Waals surface area contributed by atoms with Crippen LogP contribution in [0.4, 0.5) is 11.4 Å². The van der Waals surface area contributed by atoms with Gasteiger partial charge in [-0.3, -0.25) is 19.7 Å². The molecular weight excluding hydrogens is 380 g/mol. The van der Waals surface area contributed by atoms with Crippen molar-refractivity contribution in [1.29, 1.82) is 0 Å². The van der Waals surface area contributed by atoms with Crippen LogP contribution >= 0.6 is 11.8 Å². The molecule has 0 saturated carbocycles. The largest absolute Gasteiger partial charge is 0.492 e. The van der Waals surface area contributed by atoms with Gasteiger partial charge in [-0.25, -0.2) is 4.90 Å². The molecule has 7 nitrogen and oxygen atoms in total. The van der Waals surface area contributed by atoms with Gasteiger partial charge in [0.05, 0.1) is 27.7 Å². The summed E-state index contributed by atoms with van der Waals surface area (Å²) in [4.78, 5) is 38.1. The molecule has 1 heterocycles. The molecule has 8 heteroatoms. The molecule has 1 aliphatic rings. The van der Waals surface area contributed by atoms with Gasteiger partial charge in [-0.1, -0.05) is 19.1 Å². The number of non-ortho nitro benzene ring substituents is 1. The van der Waals surface area contributed by atoms with E-state index in [1.54, 1.807) is 24.3 Å². The third-order valence-corrected chi connectivity index (χ3v) is 5.06. The van der Waals surface area contributed by atoms with Crippen LogP contribution < -0.4 is 9.64 Å². The van der Waals surface area contributed by atoms with E-state index in [0.29, 0.717) is 34.3 Å². The Balaban J connectivity index is 2.08. The van der Waals surface area contributed by atoms with E-state index in [1.807, 2.05) is 13.8 Å². The fraction of sp³-hybridized carbons (Fsp3) is 0.200. The highest BCUT2D eigenvalue weighted by Crippen LogP contribution is 2.41. The van der Waals surface area contributed by atoms with Crippen LogP contribution in [0.2, 0.25) is 0 Å². The number of thioether (sulfide) groups is 1. The zero-order valence-corrected chi connectivity index (χ0v) is 16.2. The highest BCUT2D eigenvalue weighted by atomic mass is 32.2. The Morgan fingerprint density at radius 2 is 1.71 bits per heavy atom. The van der Waals surface area contributed by atoms with Crippen molar-refractivity contribution in [2.45, 2.75) is 13.8 Å². The van der Waals surface area contributed by atoms with Gasteiger partial charge in [-0.15, -0.1) is 11.8 Å². The van der Waals surface area contributed by atoms with Crippen LogP contribution in [-0.4, -0.2) is 29.1 Å². The van der Waals surface area contributed by atoms with E-state index in [-0.39, 0.29) is 11.3 Å². The summed E-state index contributed by atoms with van der Waals surface area (Å²) in [5, 5.41) is 10.9. The number of carbonyl (C=O) groups excluding carboxylic acids is 2. The van der Waals surface area contributed by atoms with Crippen LogP contribution in [0.5, 0.6) is 5.75 Å². The lowest BCUT2D eigenvalue weighted by Gasteiger charge is -2.18. The molecule has 0 atom stereocenters. The quantitative estimate of drug-likeness (QED) is 0.397. The molecule has 0 aliphatic carbocycles. The van der Waals surface area contributed by atoms with Gasteiger partial charge in [0, 0.05) is 12.1 Å². The Morgan fingerprint density at radius 3 is 2.32 bits per heavy atom. The fourth-order valence-electron chi connectivity index (χ4n) is 2.93. The first-order chi connectivity index (χ1) is 13.5. The molecule has 1 aliphatic heterocycles. The number of anilines is 1.